The van der Waals surface area contributed by atoms with Gasteiger partial charge in [-0.25, -0.2) is 4.39 Å². The van der Waals surface area contributed by atoms with Gasteiger partial charge in [-0.1, -0.05) is 25.2 Å². The second-order valence-corrected chi connectivity index (χ2v) is 6.63. The lowest BCUT2D eigenvalue weighted by molar-refractivity contribution is -0.107. The van der Waals surface area contributed by atoms with Crippen LogP contribution < -0.4 is 9.47 Å². The highest BCUT2D eigenvalue weighted by Crippen LogP contribution is 2.26. The van der Waals surface area contributed by atoms with Crippen molar-refractivity contribution in [2.24, 2.45) is 0 Å². The largest absolute Gasteiger partial charge is 0.494 e. The molecule has 1 aliphatic rings. The predicted octanol–water partition coefficient (Wildman–Crippen LogP) is 5.45. The molecule has 1 unspecified atom stereocenters. The minimum absolute atomic E-state index is 0.0160. The Bertz CT molecular complexity index is 831. The molecule has 0 N–H and O–H groups in total. The van der Waals surface area contributed by atoms with Crippen molar-refractivity contribution < 1.29 is 23.0 Å². The van der Waals surface area contributed by atoms with Gasteiger partial charge in [0.2, 0.25) is 5.82 Å². The van der Waals surface area contributed by atoms with E-state index in [0.29, 0.717) is 25.2 Å². The molecule has 0 amide bonds. The summed E-state index contributed by atoms with van der Waals surface area (Å²) in [5, 5.41) is 0. The lowest BCUT2D eigenvalue weighted by Gasteiger charge is -2.23. The Morgan fingerprint density at radius 1 is 1.04 bits per heavy atom. The summed E-state index contributed by atoms with van der Waals surface area (Å²) in [6.45, 7) is 3.35. The Morgan fingerprint density at radius 2 is 1.86 bits per heavy atom. The first-order valence-electron chi connectivity index (χ1n) is 9.68. The molecule has 0 saturated carbocycles. The Kier molecular flexibility index (Phi) is 7.27. The third-order valence-electron chi connectivity index (χ3n) is 4.41. The van der Waals surface area contributed by atoms with Crippen LogP contribution in [-0.4, -0.2) is 19.5 Å². The van der Waals surface area contributed by atoms with Crippen molar-refractivity contribution in [1.29, 1.82) is 0 Å². The van der Waals surface area contributed by atoms with E-state index in [2.05, 4.69) is 18.8 Å². The third-order valence-corrected chi connectivity index (χ3v) is 4.41. The van der Waals surface area contributed by atoms with Gasteiger partial charge in [-0.15, -0.1) is 0 Å². The topological polar surface area (TPSA) is 27.7 Å². The number of ether oxygens (including phenoxy) is 3. The highest BCUT2D eigenvalue weighted by Gasteiger charge is 2.20. The fourth-order valence-corrected chi connectivity index (χ4v) is 2.77. The first-order valence-corrected chi connectivity index (χ1v) is 9.68. The van der Waals surface area contributed by atoms with Crippen LogP contribution in [0.15, 0.2) is 36.4 Å². The van der Waals surface area contributed by atoms with Gasteiger partial charge in [0.05, 0.1) is 18.8 Å². The van der Waals surface area contributed by atoms with Crippen molar-refractivity contribution in [3.63, 3.8) is 0 Å². The fraction of sp³-hybridized carbons (Fsp3) is 0.391. The van der Waals surface area contributed by atoms with Gasteiger partial charge >= 0.3 is 0 Å². The molecule has 148 valence electrons. The van der Waals surface area contributed by atoms with Crippen molar-refractivity contribution in [2.45, 2.75) is 45.3 Å². The van der Waals surface area contributed by atoms with Gasteiger partial charge < -0.3 is 14.2 Å². The average molecular weight is 386 g/mol. The molecular weight excluding hydrogens is 362 g/mol. The van der Waals surface area contributed by atoms with Crippen LogP contribution in [-0.2, 0) is 4.74 Å². The molecule has 1 heterocycles. The van der Waals surface area contributed by atoms with E-state index >= 15 is 0 Å². The van der Waals surface area contributed by atoms with E-state index in [-0.39, 0.29) is 11.3 Å². The Labute approximate surface area is 164 Å². The highest BCUT2D eigenvalue weighted by atomic mass is 19.2. The first-order chi connectivity index (χ1) is 13.7. The van der Waals surface area contributed by atoms with E-state index in [1.807, 2.05) is 12.1 Å². The van der Waals surface area contributed by atoms with E-state index < -0.39 is 17.9 Å². The number of hydrogen-bond acceptors (Lipinski definition) is 3. The minimum Gasteiger partial charge on any atom is -0.494 e. The zero-order valence-electron chi connectivity index (χ0n) is 16.0. The zero-order valence-corrected chi connectivity index (χ0v) is 16.0. The first kappa shape index (κ1) is 20.2. The van der Waals surface area contributed by atoms with Crippen LogP contribution in [0.5, 0.6) is 11.5 Å². The lowest BCUT2D eigenvalue weighted by Crippen LogP contribution is -2.25. The Hall–Kier alpha value is -2.58. The van der Waals surface area contributed by atoms with Crippen LogP contribution in [0.2, 0.25) is 0 Å². The molecule has 2 aromatic rings. The highest BCUT2D eigenvalue weighted by molar-refractivity contribution is 5.46. The quantitative estimate of drug-likeness (QED) is 0.488. The van der Waals surface area contributed by atoms with Crippen LogP contribution in [0.3, 0.4) is 0 Å². The van der Waals surface area contributed by atoms with Crippen molar-refractivity contribution in [3.8, 4) is 23.3 Å². The SMILES string of the molecule is CCCCOc1ccc(C#Cc2ccc(OC3CCCCO3)c(F)c2F)cc1. The number of halogens is 2. The summed E-state index contributed by atoms with van der Waals surface area (Å²) < 4.78 is 45.1. The summed E-state index contributed by atoms with van der Waals surface area (Å²) in [7, 11) is 0. The van der Waals surface area contributed by atoms with Crippen molar-refractivity contribution in [1.82, 2.24) is 0 Å². The van der Waals surface area contributed by atoms with Crippen LogP contribution in [0.1, 0.15) is 50.2 Å². The Balaban J connectivity index is 1.67. The molecule has 2 aromatic carbocycles. The molecule has 0 radical (unpaired) electrons. The van der Waals surface area contributed by atoms with Gasteiger partial charge in [-0.3, -0.25) is 0 Å². The molecule has 1 saturated heterocycles. The minimum atomic E-state index is -1.04. The molecular formula is C23H24F2O3. The van der Waals surface area contributed by atoms with E-state index in [0.717, 1.165) is 31.4 Å². The molecule has 5 heteroatoms. The molecule has 0 aromatic heterocycles. The zero-order chi connectivity index (χ0) is 19.8. The van der Waals surface area contributed by atoms with Crippen molar-refractivity contribution in [3.05, 3.63) is 59.2 Å². The van der Waals surface area contributed by atoms with Crippen LogP contribution in [0.4, 0.5) is 8.78 Å². The second kappa shape index (κ2) is 10.1. The van der Waals surface area contributed by atoms with E-state index in [1.165, 1.54) is 12.1 Å². The molecule has 1 atom stereocenters. The molecule has 3 rings (SSSR count). The van der Waals surface area contributed by atoms with E-state index in [1.54, 1.807) is 12.1 Å². The van der Waals surface area contributed by atoms with Gasteiger partial charge in [0, 0.05) is 12.0 Å². The van der Waals surface area contributed by atoms with Gasteiger partial charge in [0.25, 0.3) is 0 Å². The molecule has 0 bridgehead atoms. The van der Waals surface area contributed by atoms with Gasteiger partial charge in [0.15, 0.2) is 17.9 Å². The molecule has 0 aliphatic carbocycles. The summed E-state index contributed by atoms with van der Waals surface area (Å²) in [5.74, 6) is 4.09. The number of unbranched alkanes of at least 4 members (excludes halogenated alkanes) is 1. The van der Waals surface area contributed by atoms with Gasteiger partial charge in [-0.05, 0) is 55.7 Å². The maximum atomic E-state index is 14.3. The lowest BCUT2D eigenvalue weighted by atomic mass is 10.1. The smallest absolute Gasteiger partial charge is 0.202 e. The van der Waals surface area contributed by atoms with E-state index in [4.69, 9.17) is 14.2 Å². The fourth-order valence-electron chi connectivity index (χ4n) is 2.77. The van der Waals surface area contributed by atoms with Crippen LogP contribution in [0.25, 0.3) is 0 Å². The summed E-state index contributed by atoms with van der Waals surface area (Å²) in [5.41, 5.74) is 0.677. The second-order valence-electron chi connectivity index (χ2n) is 6.63. The summed E-state index contributed by atoms with van der Waals surface area (Å²) in [6, 6.07) is 10.0. The van der Waals surface area contributed by atoms with Crippen molar-refractivity contribution >= 4 is 0 Å². The number of benzene rings is 2. The number of rotatable bonds is 6. The molecule has 1 fully saturated rings. The summed E-state index contributed by atoms with van der Waals surface area (Å²) in [4.78, 5) is 0. The van der Waals surface area contributed by atoms with Crippen molar-refractivity contribution in [2.75, 3.05) is 13.2 Å². The predicted molar refractivity (Wildman–Crippen MR) is 103 cm³/mol. The Morgan fingerprint density at radius 3 is 2.57 bits per heavy atom. The van der Waals surface area contributed by atoms with E-state index in [9.17, 15) is 8.78 Å². The monoisotopic (exact) mass is 386 g/mol. The van der Waals surface area contributed by atoms with Crippen LogP contribution in [0, 0.1) is 23.5 Å². The van der Waals surface area contributed by atoms with Crippen LogP contribution >= 0.6 is 0 Å². The maximum Gasteiger partial charge on any atom is 0.202 e. The van der Waals surface area contributed by atoms with Gasteiger partial charge in [-0.2, -0.15) is 4.39 Å². The molecule has 28 heavy (non-hydrogen) atoms. The van der Waals surface area contributed by atoms with Gasteiger partial charge in [0.1, 0.15) is 5.75 Å². The molecule has 1 aliphatic heterocycles. The molecule has 0 spiro atoms. The number of hydrogen-bond donors (Lipinski definition) is 0. The summed E-state index contributed by atoms with van der Waals surface area (Å²) >= 11 is 0. The molecule has 3 nitrogen and oxygen atoms in total. The standard InChI is InChI=1S/C23H24F2O3/c1-2-3-15-26-19-12-8-17(9-13-19)7-10-18-11-14-20(23(25)22(18)24)28-21-6-4-5-16-27-21/h8-9,11-14,21H,2-6,15-16H2,1H3. The third kappa shape index (κ3) is 5.46. The maximum absolute atomic E-state index is 14.3. The normalized spacial score (nSPS) is 16.2. The summed E-state index contributed by atoms with van der Waals surface area (Å²) in [6.07, 6.45) is 4.11. The average Bonchev–Trinajstić information content (AvgIpc) is 2.73.